The molecular weight excluding hydrogens is 364 g/mol. The molecule has 3 rings (SSSR count). The Morgan fingerprint density at radius 3 is 2.46 bits per heavy atom. The van der Waals surface area contributed by atoms with Gasteiger partial charge in [-0.05, 0) is 88.7 Å². The van der Waals surface area contributed by atoms with Crippen molar-refractivity contribution in [3.8, 4) is 0 Å². The maximum Gasteiger partial charge on any atom is 0.0458 e. The molecule has 2 fully saturated rings. The zero-order valence-corrected chi connectivity index (χ0v) is 19.3. The van der Waals surface area contributed by atoms with Crippen molar-refractivity contribution >= 4 is 11.6 Å². The standard InChI is InChI=1S/C25H41ClN2/c1-5-7-9-21-18-25(27(3)4,22-10-12-23(26)13-11-22)16-14-24(21)28-17-15-20(19-28)8-6-2/h10-13,20-21,24H,5-9,14-19H2,1-4H3. The van der Waals surface area contributed by atoms with E-state index in [4.69, 9.17) is 11.6 Å². The lowest BCUT2D eigenvalue weighted by Crippen LogP contribution is -2.52. The fraction of sp³-hybridized carbons (Fsp3) is 0.760. The lowest BCUT2D eigenvalue weighted by Gasteiger charge is -2.51. The number of hydrogen-bond donors (Lipinski definition) is 0. The summed E-state index contributed by atoms with van der Waals surface area (Å²) in [5.41, 5.74) is 1.61. The molecule has 0 amide bonds. The molecule has 0 N–H and O–H groups in total. The van der Waals surface area contributed by atoms with Crippen molar-refractivity contribution in [1.29, 1.82) is 0 Å². The minimum absolute atomic E-state index is 0.155. The van der Waals surface area contributed by atoms with Gasteiger partial charge in [0, 0.05) is 23.1 Å². The first-order valence-electron chi connectivity index (χ1n) is 11.7. The lowest BCUT2D eigenvalue weighted by atomic mass is 9.67. The van der Waals surface area contributed by atoms with Crippen LogP contribution in [0.15, 0.2) is 24.3 Å². The molecule has 1 saturated carbocycles. The molecule has 4 unspecified atom stereocenters. The van der Waals surface area contributed by atoms with Crippen molar-refractivity contribution in [2.24, 2.45) is 11.8 Å². The molecule has 2 nitrogen and oxygen atoms in total. The van der Waals surface area contributed by atoms with Crippen LogP contribution < -0.4 is 0 Å². The zero-order chi connectivity index (χ0) is 20.1. The maximum absolute atomic E-state index is 6.20. The third-order valence-electron chi connectivity index (χ3n) is 7.65. The normalized spacial score (nSPS) is 31.6. The first kappa shape index (κ1) is 22.1. The monoisotopic (exact) mass is 404 g/mol. The fourth-order valence-electron chi connectivity index (χ4n) is 6.03. The van der Waals surface area contributed by atoms with E-state index in [2.05, 4.69) is 62.0 Å². The molecule has 0 spiro atoms. The summed E-state index contributed by atoms with van der Waals surface area (Å²) in [5, 5.41) is 0.841. The lowest BCUT2D eigenvalue weighted by molar-refractivity contribution is 0.0103. The molecule has 1 aromatic rings. The van der Waals surface area contributed by atoms with Crippen LogP contribution in [0.2, 0.25) is 5.02 Å². The number of rotatable bonds is 8. The van der Waals surface area contributed by atoms with Crippen LogP contribution in [0.1, 0.15) is 77.2 Å². The highest BCUT2D eigenvalue weighted by molar-refractivity contribution is 6.30. The van der Waals surface area contributed by atoms with Crippen LogP contribution in [0, 0.1) is 11.8 Å². The summed E-state index contributed by atoms with van der Waals surface area (Å²) in [4.78, 5) is 5.37. The van der Waals surface area contributed by atoms with Crippen molar-refractivity contribution in [2.75, 3.05) is 27.2 Å². The van der Waals surface area contributed by atoms with E-state index < -0.39 is 0 Å². The summed E-state index contributed by atoms with van der Waals surface area (Å²) in [6.45, 7) is 7.35. The second kappa shape index (κ2) is 9.96. The van der Waals surface area contributed by atoms with Crippen LogP contribution in [0.4, 0.5) is 0 Å². The van der Waals surface area contributed by atoms with E-state index in [-0.39, 0.29) is 5.54 Å². The Hall–Kier alpha value is -0.570. The number of benzene rings is 1. The van der Waals surface area contributed by atoms with E-state index >= 15 is 0 Å². The Kier molecular flexibility index (Phi) is 7.87. The second-order valence-electron chi connectivity index (χ2n) is 9.58. The van der Waals surface area contributed by atoms with Crippen molar-refractivity contribution in [1.82, 2.24) is 9.80 Å². The molecule has 0 aromatic heterocycles. The van der Waals surface area contributed by atoms with Gasteiger partial charge in [-0.15, -0.1) is 0 Å². The van der Waals surface area contributed by atoms with Gasteiger partial charge in [-0.2, -0.15) is 0 Å². The van der Waals surface area contributed by atoms with Crippen LogP contribution in [0.3, 0.4) is 0 Å². The van der Waals surface area contributed by atoms with Gasteiger partial charge in [-0.3, -0.25) is 9.80 Å². The van der Waals surface area contributed by atoms with Crippen LogP contribution >= 0.6 is 11.6 Å². The Morgan fingerprint density at radius 2 is 1.82 bits per heavy atom. The highest BCUT2D eigenvalue weighted by atomic mass is 35.5. The summed E-state index contributed by atoms with van der Waals surface area (Å²) in [7, 11) is 4.55. The number of hydrogen-bond acceptors (Lipinski definition) is 2. The van der Waals surface area contributed by atoms with E-state index in [1.807, 2.05) is 0 Å². The third-order valence-corrected chi connectivity index (χ3v) is 7.90. The average Bonchev–Trinajstić information content (AvgIpc) is 3.15. The van der Waals surface area contributed by atoms with Gasteiger partial charge in [-0.1, -0.05) is 56.8 Å². The number of unbranched alkanes of at least 4 members (excludes halogenated alkanes) is 1. The molecule has 3 heteroatoms. The predicted octanol–water partition coefficient (Wildman–Crippen LogP) is 6.58. The van der Waals surface area contributed by atoms with Crippen LogP contribution in [-0.2, 0) is 5.54 Å². The minimum Gasteiger partial charge on any atom is -0.300 e. The molecule has 28 heavy (non-hydrogen) atoms. The fourth-order valence-corrected chi connectivity index (χ4v) is 6.16. The minimum atomic E-state index is 0.155. The zero-order valence-electron chi connectivity index (χ0n) is 18.6. The third kappa shape index (κ3) is 4.77. The van der Waals surface area contributed by atoms with Gasteiger partial charge in [0.25, 0.3) is 0 Å². The SMILES string of the molecule is CCCCC1CC(c2ccc(Cl)cc2)(N(C)C)CCC1N1CCC(CCC)C1. The smallest absolute Gasteiger partial charge is 0.0458 e. The van der Waals surface area contributed by atoms with E-state index in [0.717, 1.165) is 22.9 Å². The summed E-state index contributed by atoms with van der Waals surface area (Å²) in [5.74, 6) is 1.74. The Bertz CT molecular complexity index is 599. The molecule has 1 saturated heterocycles. The maximum atomic E-state index is 6.20. The van der Waals surface area contributed by atoms with Gasteiger partial charge in [0.15, 0.2) is 0 Å². The molecule has 4 atom stereocenters. The quantitative estimate of drug-likeness (QED) is 0.482. The highest BCUT2D eigenvalue weighted by Crippen LogP contribution is 2.47. The van der Waals surface area contributed by atoms with Crippen molar-refractivity contribution in [3.05, 3.63) is 34.9 Å². The summed E-state index contributed by atoms with van der Waals surface area (Å²) in [6.07, 6.45) is 12.1. The first-order valence-corrected chi connectivity index (χ1v) is 12.1. The van der Waals surface area contributed by atoms with Gasteiger partial charge in [-0.25, -0.2) is 0 Å². The molecule has 2 aliphatic rings. The van der Waals surface area contributed by atoms with Gasteiger partial charge in [0.2, 0.25) is 0 Å². The Morgan fingerprint density at radius 1 is 1.07 bits per heavy atom. The van der Waals surface area contributed by atoms with Crippen LogP contribution in [0.25, 0.3) is 0 Å². The van der Waals surface area contributed by atoms with E-state index in [9.17, 15) is 0 Å². The van der Waals surface area contributed by atoms with Gasteiger partial charge in [0.05, 0.1) is 0 Å². The van der Waals surface area contributed by atoms with E-state index in [0.29, 0.717) is 0 Å². The molecule has 0 bridgehead atoms. The summed E-state index contributed by atoms with van der Waals surface area (Å²) in [6, 6.07) is 9.48. The van der Waals surface area contributed by atoms with Gasteiger partial charge < -0.3 is 0 Å². The Balaban J connectivity index is 1.81. The average molecular weight is 405 g/mol. The summed E-state index contributed by atoms with van der Waals surface area (Å²) >= 11 is 6.20. The Labute approximate surface area is 178 Å². The molecule has 1 heterocycles. The van der Waals surface area contributed by atoms with E-state index in [1.54, 1.807) is 0 Å². The first-order chi connectivity index (χ1) is 13.5. The van der Waals surface area contributed by atoms with Crippen molar-refractivity contribution < 1.29 is 0 Å². The number of halogens is 1. The molecule has 158 valence electrons. The molecule has 0 radical (unpaired) electrons. The van der Waals surface area contributed by atoms with Crippen LogP contribution in [-0.4, -0.2) is 43.0 Å². The number of nitrogens with zero attached hydrogens (tertiary/aromatic N) is 2. The largest absolute Gasteiger partial charge is 0.300 e. The van der Waals surface area contributed by atoms with Gasteiger partial charge >= 0.3 is 0 Å². The highest BCUT2D eigenvalue weighted by Gasteiger charge is 2.45. The predicted molar refractivity (Wildman–Crippen MR) is 122 cm³/mol. The van der Waals surface area contributed by atoms with Crippen molar-refractivity contribution in [3.63, 3.8) is 0 Å². The molecule has 1 aliphatic heterocycles. The molecule has 1 aliphatic carbocycles. The molecule has 1 aromatic carbocycles. The van der Waals surface area contributed by atoms with Crippen LogP contribution in [0.5, 0.6) is 0 Å². The van der Waals surface area contributed by atoms with Crippen molar-refractivity contribution in [2.45, 2.75) is 83.2 Å². The summed E-state index contributed by atoms with van der Waals surface area (Å²) < 4.78 is 0. The second-order valence-corrected chi connectivity index (χ2v) is 10.0. The number of likely N-dealkylation sites (tertiary alicyclic amines) is 1. The topological polar surface area (TPSA) is 6.48 Å². The van der Waals surface area contributed by atoms with E-state index in [1.165, 1.54) is 76.4 Å². The van der Waals surface area contributed by atoms with Gasteiger partial charge in [0.1, 0.15) is 0 Å². The molecular formula is C25H41ClN2.